The Hall–Kier alpha value is -6.60. The number of carbonyl (C=O) groups is 12. The molecule has 0 heterocycles. The summed E-state index contributed by atoms with van der Waals surface area (Å²) in [7, 11) is 2.19. The van der Waals surface area contributed by atoms with Crippen LogP contribution in [-0.2, 0) is 114 Å². The van der Waals surface area contributed by atoms with Gasteiger partial charge in [0.2, 0.25) is 13.6 Å². The van der Waals surface area contributed by atoms with Crippen LogP contribution in [0, 0.1) is 0 Å². The van der Waals surface area contributed by atoms with E-state index in [1.165, 1.54) is 20.8 Å². The zero-order chi connectivity index (χ0) is 52.1. The fraction of sp³-hybridized carbons (Fsp3) is 0.684. The highest BCUT2D eigenvalue weighted by Gasteiger charge is 2.34. The zero-order valence-corrected chi connectivity index (χ0v) is 38.0. The molecule has 0 aromatic heterocycles. The molecule has 0 aliphatic heterocycles. The van der Waals surface area contributed by atoms with Gasteiger partial charge >= 0.3 is 71.6 Å². The maximum Gasteiger partial charge on any atom is 0.326 e. The summed E-state index contributed by atoms with van der Waals surface area (Å²) in [5.74, 6) is -13.9. The Kier molecular flexibility index (Phi) is 29.0. The van der Waals surface area contributed by atoms with Crippen LogP contribution in [0.1, 0.15) is 72.1 Å². The first-order chi connectivity index (χ1) is 31.7. The molecule has 0 radical (unpaired) electrons. The highest BCUT2D eigenvalue weighted by Crippen LogP contribution is 2.15. The predicted octanol–water partition coefficient (Wildman–Crippen LogP) is -5.11. The number of carbonyl (C=O) groups excluding carboxylic acids is 12. The molecule has 30 heteroatoms. The molecule has 0 aromatic carbocycles. The molecule has 1 unspecified atom stereocenters. The standard InChI is InChI=1S/C38H60N6O24/c1-19(66-31(50)16-23(42)35(54)65-17-62-32(51)20(39)11-26(45)57-4)7-10-61-30(49)14-22(41)34(53)64-18-63-33(52)21(40)13-28(47)59-8-6-9-60-29(48)15-25(44)37(56)68-38(2,3)67-36(55)24(43)12-27(46)58-5/h19-25H,6-18,39-44H2,1-5H3/t19?,20-,21-,22-,23-,24-,25-/m0/s1. The summed E-state index contributed by atoms with van der Waals surface area (Å²) in [6.45, 7) is 1.07. The summed E-state index contributed by atoms with van der Waals surface area (Å²) in [6, 6.07) is -8.92. The van der Waals surface area contributed by atoms with E-state index in [1.54, 1.807) is 0 Å². The summed E-state index contributed by atoms with van der Waals surface area (Å²) in [5, 5.41) is 0. The van der Waals surface area contributed by atoms with Gasteiger partial charge in [0, 0.05) is 26.7 Å². The van der Waals surface area contributed by atoms with E-state index < -0.39 is 172 Å². The molecule has 0 rings (SSSR count). The number of esters is 12. The van der Waals surface area contributed by atoms with Crippen LogP contribution in [0.5, 0.6) is 0 Å². The van der Waals surface area contributed by atoms with Crippen LogP contribution in [0.15, 0.2) is 0 Å². The van der Waals surface area contributed by atoms with Gasteiger partial charge in [0.1, 0.15) is 42.4 Å². The average molecular weight is 985 g/mol. The molecule has 0 amide bonds. The average Bonchev–Trinajstić information content (AvgIpc) is 3.24. The highest BCUT2D eigenvalue weighted by molar-refractivity contribution is 5.86. The number of hydrogen-bond acceptors (Lipinski definition) is 30. The van der Waals surface area contributed by atoms with Gasteiger partial charge in [0.05, 0.1) is 72.6 Å². The second kappa shape index (κ2) is 32.2. The second-order valence-corrected chi connectivity index (χ2v) is 14.5. The van der Waals surface area contributed by atoms with E-state index in [0.717, 1.165) is 14.2 Å². The largest absolute Gasteiger partial charge is 0.469 e. The SMILES string of the molecule is COC(=O)C[C@H](N)C(=O)OCOC(=O)[C@@H](N)CC(=O)OC(C)CCOC(=O)C[C@H](N)C(=O)OCOC(=O)[C@@H](N)CC(=O)OCCCOC(=O)C[C@H](N)C(=O)OC(C)(C)OC(=O)[C@@H](N)CC(=O)OC. The van der Waals surface area contributed by atoms with E-state index in [1.807, 2.05) is 0 Å². The van der Waals surface area contributed by atoms with E-state index in [0.29, 0.717) is 0 Å². The first-order valence-corrected chi connectivity index (χ1v) is 20.2. The van der Waals surface area contributed by atoms with E-state index >= 15 is 0 Å². The normalized spacial score (nSPS) is 14.0. The van der Waals surface area contributed by atoms with Crippen molar-refractivity contribution in [3.63, 3.8) is 0 Å². The van der Waals surface area contributed by atoms with Crippen molar-refractivity contribution in [2.45, 2.75) is 120 Å². The Morgan fingerprint density at radius 2 is 0.676 bits per heavy atom. The van der Waals surface area contributed by atoms with Crippen molar-refractivity contribution in [2.75, 3.05) is 47.6 Å². The molecule has 0 fully saturated rings. The van der Waals surface area contributed by atoms with Crippen molar-refractivity contribution in [3.8, 4) is 0 Å². The summed E-state index contributed by atoms with van der Waals surface area (Å²) < 4.78 is 57.3. The van der Waals surface area contributed by atoms with Gasteiger partial charge in [-0.1, -0.05) is 0 Å². The molecule has 7 atom stereocenters. The summed E-state index contributed by atoms with van der Waals surface area (Å²) in [6.07, 6.45) is -4.49. The molecule has 12 N–H and O–H groups in total. The monoisotopic (exact) mass is 984 g/mol. The van der Waals surface area contributed by atoms with Gasteiger partial charge in [0.25, 0.3) is 5.79 Å². The third-order valence-corrected chi connectivity index (χ3v) is 8.02. The van der Waals surface area contributed by atoms with Gasteiger partial charge in [-0.15, -0.1) is 0 Å². The van der Waals surface area contributed by atoms with Crippen molar-refractivity contribution < 1.29 is 114 Å². The molecule has 0 aromatic rings. The maximum absolute atomic E-state index is 12.3. The summed E-state index contributed by atoms with van der Waals surface area (Å²) >= 11 is 0. The van der Waals surface area contributed by atoms with Crippen molar-refractivity contribution >= 4 is 71.6 Å². The van der Waals surface area contributed by atoms with E-state index in [-0.39, 0.29) is 32.7 Å². The molecule has 0 aliphatic rings. The van der Waals surface area contributed by atoms with Crippen LogP contribution in [0.2, 0.25) is 0 Å². The maximum atomic E-state index is 12.3. The number of ether oxygens (including phenoxy) is 12. The van der Waals surface area contributed by atoms with Gasteiger partial charge in [0.15, 0.2) is 0 Å². The van der Waals surface area contributed by atoms with Crippen molar-refractivity contribution in [2.24, 2.45) is 34.4 Å². The van der Waals surface area contributed by atoms with Gasteiger partial charge in [-0.2, -0.15) is 0 Å². The van der Waals surface area contributed by atoms with E-state index in [9.17, 15) is 57.5 Å². The second-order valence-electron chi connectivity index (χ2n) is 14.5. The summed E-state index contributed by atoms with van der Waals surface area (Å²) in [4.78, 5) is 143. The molecule has 30 nitrogen and oxygen atoms in total. The molecule has 0 bridgehead atoms. The number of methoxy groups -OCH3 is 2. The Balaban J connectivity index is 4.32. The highest BCUT2D eigenvalue weighted by atomic mass is 16.7. The van der Waals surface area contributed by atoms with Gasteiger partial charge in [-0.25, -0.2) is 0 Å². The molecule has 0 saturated heterocycles. The van der Waals surface area contributed by atoms with Crippen LogP contribution < -0.4 is 34.4 Å². The lowest BCUT2D eigenvalue weighted by Gasteiger charge is -2.27. The Labute approximate surface area is 388 Å². The predicted molar refractivity (Wildman–Crippen MR) is 218 cm³/mol. The number of rotatable bonds is 32. The van der Waals surface area contributed by atoms with Crippen molar-refractivity contribution in [3.05, 3.63) is 0 Å². The van der Waals surface area contributed by atoms with Gasteiger partial charge in [-0.05, 0) is 6.92 Å². The lowest BCUT2D eigenvalue weighted by molar-refractivity contribution is -0.219. The van der Waals surface area contributed by atoms with Crippen molar-refractivity contribution in [1.82, 2.24) is 0 Å². The fourth-order valence-electron chi connectivity index (χ4n) is 4.40. The third kappa shape index (κ3) is 27.8. The smallest absolute Gasteiger partial charge is 0.326 e. The molecule has 68 heavy (non-hydrogen) atoms. The molecule has 386 valence electrons. The van der Waals surface area contributed by atoms with E-state index in [4.69, 9.17) is 62.8 Å². The first kappa shape index (κ1) is 61.4. The molecule has 0 saturated carbocycles. The van der Waals surface area contributed by atoms with Crippen LogP contribution >= 0.6 is 0 Å². The number of hydrogen-bond donors (Lipinski definition) is 6. The minimum Gasteiger partial charge on any atom is -0.469 e. The van der Waals surface area contributed by atoms with Crippen molar-refractivity contribution in [1.29, 1.82) is 0 Å². The van der Waals surface area contributed by atoms with Crippen LogP contribution in [-0.4, -0.2) is 167 Å². The molecular weight excluding hydrogens is 924 g/mol. The third-order valence-electron chi connectivity index (χ3n) is 8.02. The van der Waals surface area contributed by atoms with E-state index in [2.05, 4.69) is 28.4 Å². The Morgan fingerprint density at radius 3 is 1.00 bits per heavy atom. The molecular formula is C38H60N6O24. The van der Waals surface area contributed by atoms with Crippen LogP contribution in [0.25, 0.3) is 0 Å². The lowest BCUT2D eigenvalue weighted by atomic mass is 10.2. The zero-order valence-electron chi connectivity index (χ0n) is 38.0. The Morgan fingerprint density at radius 1 is 0.397 bits per heavy atom. The quantitative estimate of drug-likeness (QED) is 0.0159. The van der Waals surface area contributed by atoms with Crippen LogP contribution in [0.4, 0.5) is 0 Å². The number of nitrogens with two attached hydrogens (primary N) is 6. The topological polar surface area (TPSA) is 472 Å². The Bertz CT molecular complexity index is 1760. The lowest BCUT2D eigenvalue weighted by Crippen LogP contribution is -2.45. The molecule has 0 spiro atoms. The first-order valence-electron chi connectivity index (χ1n) is 20.2. The minimum atomic E-state index is -1.87. The minimum absolute atomic E-state index is 0.0213. The fourth-order valence-corrected chi connectivity index (χ4v) is 4.40. The van der Waals surface area contributed by atoms with Crippen LogP contribution in [0.3, 0.4) is 0 Å². The molecule has 0 aliphatic carbocycles. The van der Waals surface area contributed by atoms with Gasteiger partial charge in [-0.3, -0.25) is 57.5 Å². The summed E-state index contributed by atoms with van der Waals surface area (Å²) in [5.41, 5.74) is 33.6. The van der Waals surface area contributed by atoms with Gasteiger partial charge < -0.3 is 91.2 Å².